The number of halogens is 2. The number of amides is 1. The number of nitrogens with one attached hydrogen (secondary N) is 1. The number of nitrogens with zero attached hydrogens (tertiary/aromatic N) is 1. The first-order chi connectivity index (χ1) is 10.2. The number of carbonyl (C=O) groups excluding carboxylic acids is 1. The molecule has 2 rings (SSSR count). The molecule has 2 aromatic rings. The number of benzene rings is 1. The van der Waals surface area contributed by atoms with Gasteiger partial charge in [-0.05, 0) is 48.7 Å². The molecular formula is C17H20BrClN2O. The molecule has 3 nitrogen and oxygen atoms in total. The van der Waals surface area contributed by atoms with Crippen molar-refractivity contribution in [3.63, 3.8) is 0 Å². The van der Waals surface area contributed by atoms with Gasteiger partial charge in [0, 0.05) is 16.4 Å². The second kappa shape index (κ2) is 9.59. The van der Waals surface area contributed by atoms with Crippen LogP contribution in [0.2, 0.25) is 0 Å². The summed E-state index contributed by atoms with van der Waals surface area (Å²) in [6, 6.07) is 11.2. The Morgan fingerprint density at radius 2 is 1.86 bits per heavy atom. The summed E-state index contributed by atoms with van der Waals surface area (Å²) in [5.41, 5.74) is 2.39. The number of pyridine rings is 1. The molecule has 0 radical (unpaired) electrons. The van der Waals surface area contributed by atoms with Crippen molar-refractivity contribution in [1.82, 2.24) is 4.98 Å². The largest absolute Gasteiger partial charge is 0.321 e. The SMILES string of the molecule is CCCCCc1ccc(C(=O)Nc2ccc(Br)cc2)nc1.Cl. The quantitative estimate of drug-likeness (QED) is 0.692. The maximum absolute atomic E-state index is 12.1. The van der Waals surface area contributed by atoms with E-state index < -0.39 is 0 Å². The van der Waals surface area contributed by atoms with E-state index in [2.05, 4.69) is 33.2 Å². The molecule has 0 fully saturated rings. The van der Waals surface area contributed by atoms with Crippen LogP contribution in [0.15, 0.2) is 47.1 Å². The monoisotopic (exact) mass is 382 g/mol. The summed E-state index contributed by atoms with van der Waals surface area (Å²) in [4.78, 5) is 16.3. The van der Waals surface area contributed by atoms with Crippen molar-refractivity contribution in [1.29, 1.82) is 0 Å². The molecule has 118 valence electrons. The highest BCUT2D eigenvalue weighted by Gasteiger charge is 2.07. The molecular weight excluding hydrogens is 364 g/mol. The van der Waals surface area contributed by atoms with E-state index in [1.54, 1.807) is 12.3 Å². The Hall–Kier alpha value is -1.39. The Morgan fingerprint density at radius 1 is 1.14 bits per heavy atom. The molecule has 0 saturated carbocycles. The van der Waals surface area contributed by atoms with Crippen molar-refractivity contribution >= 4 is 39.9 Å². The predicted molar refractivity (Wildman–Crippen MR) is 96.8 cm³/mol. The molecule has 1 heterocycles. The zero-order valence-electron chi connectivity index (χ0n) is 12.5. The number of carbonyl (C=O) groups is 1. The number of unbranched alkanes of at least 4 members (excludes halogenated alkanes) is 2. The Bertz CT molecular complexity index is 585. The van der Waals surface area contributed by atoms with Gasteiger partial charge < -0.3 is 5.32 Å². The number of hydrogen-bond acceptors (Lipinski definition) is 2. The van der Waals surface area contributed by atoms with Gasteiger partial charge in [-0.2, -0.15) is 0 Å². The summed E-state index contributed by atoms with van der Waals surface area (Å²) in [6.07, 6.45) is 6.43. The van der Waals surface area contributed by atoms with Gasteiger partial charge in [0.2, 0.25) is 0 Å². The normalized spacial score (nSPS) is 9.91. The standard InChI is InChI=1S/C17H19BrN2O.ClH/c1-2-3-4-5-13-6-11-16(19-12-13)17(21)20-15-9-7-14(18)8-10-15;/h6-12H,2-5H2,1H3,(H,20,21);1H. The summed E-state index contributed by atoms with van der Waals surface area (Å²) in [5.74, 6) is -0.183. The van der Waals surface area contributed by atoms with Crippen molar-refractivity contribution in [2.45, 2.75) is 32.6 Å². The van der Waals surface area contributed by atoms with Crippen LogP contribution >= 0.6 is 28.3 Å². The van der Waals surface area contributed by atoms with Crippen molar-refractivity contribution in [3.05, 3.63) is 58.3 Å². The van der Waals surface area contributed by atoms with Crippen molar-refractivity contribution in [3.8, 4) is 0 Å². The van der Waals surface area contributed by atoms with Crippen LogP contribution in [0.4, 0.5) is 5.69 Å². The maximum Gasteiger partial charge on any atom is 0.274 e. The van der Waals surface area contributed by atoms with E-state index in [4.69, 9.17) is 0 Å². The third kappa shape index (κ3) is 5.78. The van der Waals surface area contributed by atoms with Crippen LogP contribution in [0.3, 0.4) is 0 Å². The van der Waals surface area contributed by atoms with Crippen molar-refractivity contribution < 1.29 is 4.79 Å². The van der Waals surface area contributed by atoms with Gasteiger partial charge in [-0.15, -0.1) is 12.4 Å². The third-order valence-electron chi connectivity index (χ3n) is 3.23. The molecule has 0 aliphatic carbocycles. The van der Waals surface area contributed by atoms with Gasteiger partial charge in [-0.25, -0.2) is 0 Å². The van der Waals surface area contributed by atoms with Crippen LogP contribution in [-0.2, 0) is 6.42 Å². The molecule has 0 unspecified atom stereocenters. The number of aryl methyl sites for hydroxylation is 1. The van der Waals surface area contributed by atoms with E-state index in [9.17, 15) is 4.79 Å². The lowest BCUT2D eigenvalue weighted by Gasteiger charge is -2.06. The van der Waals surface area contributed by atoms with Crippen LogP contribution in [-0.4, -0.2) is 10.9 Å². The minimum atomic E-state index is -0.183. The smallest absolute Gasteiger partial charge is 0.274 e. The van der Waals surface area contributed by atoms with E-state index >= 15 is 0 Å². The van der Waals surface area contributed by atoms with Gasteiger partial charge in [0.05, 0.1) is 0 Å². The highest BCUT2D eigenvalue weighted by molar-refractivity contribution is 9.10. The van der Waals surface area contributed by atoms with Gasteiger partial charge in [-0.3, -0.25) is 9.78 Å². The van der Waals surface area contributed by atoms with E-state index in [0.29, 0.717) is 5.69 Å². The molecule has 22 heavy (non-hydrogen) atoms. The Kier molecular flexibility index (Phi) is 8.13. The lowest BCUT2D eigenvalue weighted by Crippen LogP contribution is -2.13. The molecule has 0 spiro atoms. The lowest BCUT2D eigenvalue weighted by atomic mass is 10.1. The average molecular weight is 384 g/mol. The number of rotatable bonds is 6. The van der Waals surface area contributed by atoms with E-state index in [-0.39, 0.29) is 18.3 Å². The second-order valence-corrected chi connectivity index (χ2v) is 5.89. The number of anilines is 1. The summed E-state index contributed by atoms with van der Waals surface area (Å²) < 4.78 is 0.982. The van der Waals surface area contributed by atoms with Crippen molar-refractivity contribution in [2.24, 2.45) is 0 Å². The third-order valence-corrected chi connectivity index (χ3v) is 3.76. The first kappa shape index (κ1) is 18.7. The molecule has 0 atom stereocenters. The van der Waals surface area contributed by atoms with Gasteiger partial charge in [0.1, 0.15) is 5.69 Å². The fourth-order valence-corrected chi connectivity index (χ4v) is 2.28. The van der Waals surface area contributed by atoms with Gasteiger partial charge in [0.15, 0.2) is 0 Å². The molecule has 0 bridgehead atoms. The minimum Gasteiger partial charge on any atom is -0.321 e. The Morgan fingerprint density at radius 3 is 2.45 bits per heavy atom. The number of aromatic nitrogens is 1. The summed E-state index contributed by atoms with van der Waals surface area (Å²) in [6.45, 7) is 2.19. The lowest BCUT2D eigenvalue weighted by molar-refractivity contribution is 0.102. The van der Waals surface area contributed by atoms with E-state index in [0.717, 1.165) is 16.6 Å². The van der Waals surface area contributed by atoms with Crippen LogP contribution in [0, 0.1) is 0 Å². The van der Waals surface area contributed by atoms with Gasteiger partial charge in [0.25, 0.3) is 5.91 Å². The fraction of sp³-hybridized carbons (Fsp3) is 0.294. The summed E-state index contributed by atoms with van der Waals surface area (Å²) in [7, 11) is 0. The second-order valence-electron chi connectivity index (χ2n) is 4.97. The number of hydrogen-bond donors (Lipinski definition) is 1. The average Bonchev–Trinajstić information content (AvgIpc) is 2.50. The minimum absolute atomic E-state index is 0. The first-order valence-electron chi connectivity index (χ1n) is 7.21. The summed E-state index contributed by atoms with van der Waals surface area (Å²) >= 11 is 3.37. The van der Waals surface area contributed by atoms with E-state index in [1.807, 2.05) is 30.3 Å². The topological polar surface area (TPSA) is 42.0 Å². The van der Waals surface area contributed by atoms with Crippen LogP contribution in [0.1, 0.15) is 42.2 Å². The van der Waals surface area contributed by atoms with Crippen molar-refractivity contribution in [2.75, 3.05) is 5.32 Å². The van der Waals surface area contributed by atoms with Gasteiger partial charge in [-0.1, -0.05) is 41.8 Å². The zero-order chi connectivity index (χ0) is 15.1. The Balaban J connectivity index is 0.00000242. The molecule has 5 heteroatoms. The molecule has 0 aliphatic heterocycles. The molecule has 0 aliphatic rings. The molecule has 0 saturated heterocycles. The fourth-order valence-electron chi connectivity index (χ4n) is 2.01. The van der Waals surface area contributed by atoms with Crippen LogP contribution < -0.4 is 5.32 Å². The molecule has 1 aromatic carbocycles. The van der Waals surface area contributed by atoms with Gasteiger partial charge >= 0.3 is 0 Å². The molecule has 1 amide bonds. The van der Waals surface area contributed by atoms with E-state index in [1.165, 1.54) is 24.8 Å². The first-order valence-corrected chi connectivity index (χ1v) is 8.00. The van der Waals surface area contributed by atoms with Crippen LogP contribution in [0.5, 0.6) is 0 Å². The zero-order valence-corrected chi connectivity index (χ0v) is 14.9. The van der Waals surface area contributed by atoms with Crippen LogP contribution in [0.25, 0.3) is 0 Å². The molecule has 1 N–H and O–H groups in total. The molecule has 1 aromatic heterocycles. The summed E-state index contributed by atoms with van der Waals surface area (Å²) in [5, 5.41) is 2.83. The highest BCUT2D eigenvalue weighted by atomic mass is 79.9. The predicted octanol–water partition coefficient (Wildman–Crippen LogP) is 5.25. The highest BCUT2D eigenvalue weighted by Crippen LogP contribution is 2.15. The maximum atomic E-state index is 12.1. The Labute approximate surface area is 146 Å².